The summed E-state index contributed by atoms with van der Waals surface area (Å²) in [6, 6.07) is 10.2. The van der Waals surface area contributed by atoms with Gasteiger partial charge in [-0.05, 0) is 48.6 Å². The molecule has 1 fully saturated rings. The van der Waals surface area contributed by atoms with Crippen molar-refractivity contribution in [2.24, 2.45) is 11.8 Å². The van der Waals surface area contributed by atoms with Crippen LogP contribution in [-0.4, -0.2) is 18.3 Å². The highest BCUT2D eigenvalue weighted by Gasteiger charge is 2.53. The molecule has 5 heteroatoms. The molecular formula is C16H17F3N2. The van der Waals surface area contributed by atoms with Crippen molar-refractivity contribution < 1.29 is 13.2 Å². The number of alkyl halides is 3. The third-order valence-corrected chi connectivity index (χ3v) is 4.97. The zero-order valence-corrected chi connectivity index (χ0v) is 11.6. The van der Waals surface area contributed by atoms with Crippen molar-refractivity contribution >= 4 is 0 Å². The maximum Gasteiger partial charge on any atom is 0.401 e. The normalized spacial score (nSPS) is 31.3. The molecule has 1 aromatic carbocycles. The summed E-state index contributed by atoms with van der Waals surface area (Å²) in [4.78, 5) is 0. The maximum absolute atomic E-state index is 12.6. The van der Waals surface area contributed by atoms with E-state index in [4.69, 9.17) is 0 Å². The molecule has 2 nitrogen and oxygen atoms in total. The van der Waals surface area contributed by atoms with Gasteiger partial charge in [0.2, 0.25) is 0 Å². The van der Waals surface area contributed by atoms with E-state index >= 15 is 0 Å². The van der Waals surface area contributed by atoms with E-state index in [9.17, 15) is 18.4 Å². The lowest BCUT2D eigenvalue weighted by Crippen LogP contribution is -2.55. The van der Waals surface area contributed by atoms with Crippen molar-refractivity contribution in [2.45, 2.75) is 37.4 Å². The number of hydrogen-bond acceptors (Lipinski definition) is 2. The van der Waals surface area contributed by atoms with Crippen molar-refractivity contribution in [3.8, 4) is 6.07 Å². The Balaban J connectivity index is 1.92. The first-order valence-corrected chi connectivity index (χ1v) is 7.24. The van der Waals surface area contributed by atoms with E-state index < -0.39 is 18.3 Å². The number of rotatable bonds is 2. The topological polar surface area (TPSA) is 35.8 Å². The Hall–Kier alpha value is -1.54. The van der Waals surface area contributed by atoms with Gasteiger partial charge in [0.25, 0.3) is 0 Å². The van der Waals surface area contributed by atoms with Crippen LogP contribution < -0.4 is 5.32 Å². The second-order valence-electron chi connectivity index (χ2n) is 6.10. The van der Waals surface area contributed by atoms with Crippen LogP contribution in [0.15, 0.2) is 24.3 Å². The highest BCUT2D eigenvalue weighted by Crippen LogP contribution is 2.47. The van der Waals surface area contributed by atoms with Gasteiger partial charge in [-0.3, -0.25) is 5.32 Å². The molecule has 2 unspecified atom stereocenters. The third-order valence-electron chi connectivity index (χ3n) is 4.97. The van der Waals surface area contributed by atoms with Gasteiger partial charge >= 0.3 is 6.18 Å². The van der Waals surface area contributed by atoms with Gasteiger partial charge in [-0.1, -0.05) is 24.3 Å². The summed E-state index contributed by atoms with van der Waals surface area (Å²) in [7, 11) is 0. The lowest BCUT2D eigenvalue weighted by atomic mass is 9.80. The van der Waals surface area contributed by atoms with Gasteiger partial charge in [-0.2, -0.15) is 18.4 Å². The molecule has 1 N–H and O–H groups in total. The average Bonchev–Trinajstić information content (AvgIpc) is 2.67. The SMILES string of the molecule is N#CC1(NCC(F)(F)F)C2CCC1Cc1ccccc1C2. The van der Waals surface area contributed by atoms with E-state index in [2.05, 4.69) is 11.4 Å². The minimum atomic E-state index is -4.29. The molecule has 0 aromatic heterocycles. The van der Waals surface area contributed by atoms with Crippen LogP contribution in [0, 0.1) is 23.2 Å². The molecule has 0 radical (unpaired) electrons. The maximum atomic E-state index is 12.6. The lowest BCUT2D eigenvalue weighted by Gasteiger charge is -2.33. The first kappa shape index (κ1) is 14.4. The molecule has 112 valence electrons. The molecule has 2 aliphatic carbocycles. The number of nitriles is 1. The van der Waals surface area contributed by atoms with E-state index in [0.29, 0.717) is 12.8 Å². The lowest BCUT2D eigenvalue weighted by molar-refractivity contribution is -0.129. The summed E-state index contributed by atoms with van der Waals surface area (Å²) in [5, 5.41) is 12.2. The van der Waals surface area contributed by atoms with Crippen LogP contribution in [0.3, 0.4) is 0 Å². The molecule has 0 saturated heterocycles. The van der Waals surface area contributed by atoms with Gasteiger partial charge < -0.3 is 0 Å². The fourth-order valence-corrected chi connectivity index (χ4v) is 3.96. The zero-order valence-electron chi connectivity index (χ0n) is 11.6. The Labute approximate surface area is 122 Å². The molecule has 2 aliphatic rings. The van der Waals surface area contributed by atoms with E-state index in [1.165, 1.54) is 11.1 Å². The molecule has 0 aliphatic heterocycles. The smallest absolute Gasteiger partial charge is 0.291 e. The van der Waals surface area contributed by atoms with Gasteiger partial charge in [0.05, 0.1) is 12.6 Å². The first-order chi connectivity index (χ1) is 9.94. The number of benzene rings is 1. The van der Waals surface area contributed by atoms with Crippen molar-refractivity contribution in [3.63, 3.8) is 0 Å². The minimum absolute atomic E-state index is 0.0431. The minimum Gasteiger partial charge on any atom is -0.291 e. The Kier molecular flexibility index (Phi) is 3.45. The van der Waals surface area contributed by atoms with E-state index in [-0.39, 0.29) is 11.8 Å². The number of nitrogens with one attached hydrogen (secondary N) is 1. The summed E-state index contributed by atoms with van der Waals surface area (Å²) in [6.07, 6.45) is -1.28. The number of halogens is 3. The molecule has 1 aromatic rings. The summed E-state index contributed by atoms with van der Waals surface area (Å²) in [5.41, 5.74) is 1.31. The van der Waals surface area contributed by atoms with Gasteiger partial charge in [-0.15, -0.1) is 0 Å². The number of fused-ring (bicyclic) bond motifs is 3. The molecular weight excluding hydrogens is 277 g/mol. The molecule has 1 saturated carbocycles. The average molecular weight is 294 g/mol. The molecule has 0 spiro atoms. The molecule has 3 rings (SSSR count). The molecule has 0 amide bonds. The van der Waals surface area contributed by atoms with Crippen molar-refractivity contribution in [1.82, 2.24) is 5.32 Å². The Bertz CT molecular complexity index is 541. The fraction of sp³-hybridized carbons (Fsp3) is 0.562. The summed E-state index contributed by atoms with van der Waals surface area (Å²) >= 11 is 0. The molecule has 21 heavy (non-hydrogen) atoms. The highest BCUT2D eigenvalue weighted by atomic mass is 19.4. The number of hydrogen-bond donors (Lipinski definition) is 1. The highest BCUT2D eigenvalue weighted by molar-refractivity contribution is 5.35. The summed E-state index contributed by atoms with van der Waals surface area (Å²) in [5.74, 6) is -0.0861. The standard InChI is InChI=1S/C16H17F3N2/c17-16(18,19)10-21-15(9-20)13-5-6-14(15)8-12-4-2-1-3-11(12)7-13/h1-4,13-14,21H,5-8,10H2. The van der Waals surface area contributed by atoms with E-state index in [0.717, 1.165) is 12.8 Å². The largest absolute Gasteiger partial charge is 0.401 e. The molecule has 2 atom stereocenters. The van der Waals surface area contributed by atoms with Gasteiger partial charge in [0, 0.05) is 0 Å². The van der Waals surface area contributed by atoms with E-state index in [1.807, 2.05) is 24.3 Å². The second-order valence-corrected chi connectivity index (χ2v) is 6.10. The van der Waals surface area contributed by atoms with Gasteiger partial charge in [0.1, 0.15) is 5.54 Å². The Morgan fingerprint density at radius 2 is 1.67 bits per heavy atom. The van der Waals surface area contributed by atoms with Gasteiger partial charge in [0.15, 0.2) is 0 Å². The van der Waals surface area contributed by atoms with Crippen LogP contribution in [0.2, 0.25) is 0 Å². The van der Waals surface area contributed by atoms with Gasteiger partial charge in [-0.25, -0.2) is 0 Å². The van der Waals surface area contributed by atoms with Crippen LogP contribution in [0.25, 0.3) is 0 Å². The first-order valence-electron chi connectivity index (χ1n) is 7.24. The molecule has 0 heterocycles. The van der Waals surface area contributed by atoms with E-state index in [1.54, 1.807) is 0 Å². The van der Waals surface area contributed by atoms with Crippen LogP contribution in [-0.2, 0) is 12.8 Å². The summed E-state index contributed by atoms with van der Waals surface area (Å²) in [6.45, 7) is -1.09. The third kappa shape index (κ3) is 2.53. The fourth-order valence-electron chi connectivity index (χ4n) is 3.96. The van der Waals surface area contributed by atoms with Crippen molar-refractivity contribution in [1.29, 1.82) is 5.26 Å². The van der Waals surface area contributed by atoms with Crippen LogP contribution >= 0.6 is 0 Å². The number of nitrogens with zero attached hydrogens (tertiary/aromatic N) is 1. The quantitative estimate of drug-likeness (QED) is 0.909. The molecule has 2 bridgehead atoms. The Morgan fingerprint density at radius 3 is 2.10 bits per heavy atom. The van der Waals surface area contributed by atoms with Crippen LogP contribution in [0.4, 0.5) is 13.2 Å². The van der Waals surface area contributed by atoms with Crippen molar-refractivity contribution in [2.75, 3.05) is 6.54 Å². The van der Waals surface area contributed by atoms with Crippen LogP contribution in [0.1, 0.15) is 24.0 Å². The predicted molar refractivity (Wildman–Crippen MR) is 72.5 cm³/mol. The van der Waals surface area contributed by atoms with Crippen molar-refractivity contribution in [3.05, 3.63) is 35.4 Å². The van der Waals surface area contributed by atoms with Crippen LogP contribution in [0.5, 0.6) is 0 Å². The summed E-state index contributed by atoms with van der Waals surface area (Å²) < 4.78 is 37.8. The predicted octanol–water partition coefficient (Wildman–Crippen LogP) is 3.23. The Morgan fingerprint density at radius 1 is 1.14 bits per heavy atom. The zero-order chi connectivity index (χ0) is 15.1. The second kappa shape index (κ2) is 5.03. The monoisotopic (exact) mass is 294 g/mol.